The quantitative estimate of drug-likeness (QED) is 0.913. The summed E-state index contributed by atoms with van der Waals surface area (Å²) in [5.41, 5.74) is 3.43. The number of anilines is 1. The van der Waals surface area contributed by atoms with E-state index in [9.17, 15) is 4.79 Å². The van der Waals surface area contributed by atoms with Crippen molar-refractivity contribution in [2.75, 3.05) is 11.9 Å². The highest BCUT2D eigenvalue weighted by molar-refractivity contribution is 5.89. The van der Waals surface area contributed by atoms with Crippen LogP contribution >= 0.6 is 0 Å². The van der Waals surface area contributed by atoms with E-state index in [0.29, 0.717) is 12.1 Å². The summed E-state index contributed by atoms with van der Waals surface area (Å²) in [6.45, 7) is 2.69. The van der Waals surface area contributed by atoms with E-state index in [1.54, 1.807) is 24.5 Å². The van der Waals surface area contributed by atoms with Gasteiger partial charge in [-0.3, -0.25) is 4.98 Å². The third-order valence-corrected chi connectivity index (χ3v) is 3.04. The van der Waals surface area contributed by atoms with E-state index < -0.39 is 5.97 Å². The number of rotatable bonds is 4. The molecule has 0 bridgehead atoms. The highest BCUT2D eigenvalue weighted by Gasteiger charge is 2.10. The Bertz CT molecular complexity index is 582. The van der Waals surface area contributed by atoms with Crippen LogP contribution in [0.15, 0.2) is 42.7 Å². The number of carboxylic acid groups (broad SMARTS) is 1. The summed E-state index contributed by atoms with van der Waals surface area (Å²) in [6.07, 6.45) is 3.51. The zero-order chi connectivity index (χ0) is 13.8. The fourth-order valence-electron chi connectivity index (χ4n) is 2.00. The number of aryl methyl sites for hydroxylation is 1. The molecule has 0 saturated heterocycles. The van der Waals surface area contributed by atoms with Crippen LogP contribution in [0.25, 0.3) is 0 Å². The van der Waals surface area contributed by atoms with E-state index in [0.717, 1.165) is 16.8 Å². The Morgan fingerprint density at radius 3 is 2.58 bits per heavy atom. The Kier molecular flexibility index (Phi) is 3.80. The van der Waals surface area contributed by atoms with Crippen LogP contribution in [0.3, 0.4) is 0 Å². The van der Waals surface area contributed by atoms with Crippen LogP contribution in [-0.2, 0) is 6.54 Å². The van der Waals surface area contributed by atoms with Crippen molar-refractivity contribution in [3.05, 3.63) is 59.4 Å². The minimum Gasteiger partial charge on any atom is -0.478 e. The molecule has 2 aromatic rings. The van der Waals surface area contributed by atoms with Crippen molar-refractivity contribution in [2.24, 2.45) is 0 Å². The number of hydrogen-bond donors (Lipinski definition) is 1. The summed E-state index contributed by atoms with van der Waals surface area (Å²) < 4.78 is 0. The lowest BCUT2D eigenvalue weighted by molar-refractivity contribution is 0.0697. The molecular formula is C15H16N2O2. The van der Waals surface area contributed by atoms with E-state index >= 15 is 0 Å². The highest BCUT2D eigenvalue weighted by atomic mass is 16.4. The molecule has 1 aromatic heterocycles. The van der Waals surface area contributed by atoms with Gasteiger partial charge in [-0.1, -0.05) is 6.07 Å². The van der Waals surface area contributed by atoms with Gasteiger partial charge < -0.3 is 10.0 Å². The number of pyridine rings is 1. The molecule has 4 heteroatoms. The largest absolute Gasteiger partial charge is 0.478 e. The zero-order valence-electron chi connectivity index (χ0n) is 11.0. The minimum absolute atomic E-state index is 0.308. The molecule has 0 aliphatic rings. The Balaban J connectivity index is 2.25. The molecule has 98 valence electrons. The van der Waals surface area contributed by atoms with Crippen LogP contribution in [-0.4, -0.2) is 23.1 Å². The van der Waals surface area contributed by atoms with Gasteiger partial charge in [-0.05, 0) is 42.3 Å². The van der Waals surface area contributed by atoms with Crippen molar-refractivity contribution in [2.45, 2.75) is 13.5 Å². The summed E-state index contributed by atoms with van der Waals surface area (Å²) in [6, 6.07) is 9.07. The van der Waals surface area contributed by atoms with E-state index in [-0.39, 0.29) is 0 Å². The third-order valence-electron chi connectivity index (χ3n) is 3.04. The first-order chi connectivity index (χ1) is 9.08. The molecule has 1 aromatic carbocycles. The topological polar surface area (TPSA) is 53.4 Å². The molecule has 0 fully saturated rings. The Morgan fingerprint density at radius 1 is 1.26 bits per heavy atom. The van der Waals surface area contributed by atoms with E-state index in [1.807, 2.05) is 37.1 Å². The van der Waals surface area contributed by atoms with Crippen LogP contribution in [0, 0.1) is 6.92 Å². The van der Waals surface area contributed by atoms with Gasteiger partial charge in [-0.15, -0.1) is 0 Å². The number of nitrogens with zero attached hydrogens (tertiary/aromatic N) is 2. The van der Waals surface area contributed by atoms with Gasteiger partial charge in [0.2, 0.25) is 0 Å². The molecule has 0 aliphatic carbocycles. The summed E-state index contributed by atoms with van der Waals surface area (Å²) in [5.74, 6) is -0.904. The van der Waals surface area contributed by atoms with Crippen LogP contribution in [0.1, 0.15) is 21.5 Å². The van der Waals surface area contributed by atoms with Crippen molar-refractivity contribution in [1.82, 2.24) is 4.98 Å². The third kappa shape index (κ3) is 3.10. The molecule has 0 spiro atoms. The van der Waals surface area contributed by atoms with Crippen LogP contribution in [0.4, 0.5) is 5.69 Å². The normalized spacial score (nSPS) is 10.2. The first-order valence-electron chi connectivity index (χ1n) is 6.02. The van der Waals surface area contributed by atoms with Gasteiger partial charge in [0.25, 0.3) is 0 Å². The molecule has 0 atom stereocenters. The zero-order valence-corrected chi connectivity index (χ0v) is 11.0. The second-order valence-electron chi connectivity index (χ2n) is 4.52. The predicted octanol–water partition coefficient (Wildman–Crippen LogP) is 2.72. The first-order valence-corrected chi connectivity index (χ1v) is 6.02. The second kappa shape index (κ2) is 5.52. The Labute approximate surface area is 112 Å². The number of benzene rings is 1. The summed E-state index contributed by atoms with van der Waals surface area (Å²) in [5, 5.41) is 9.04. The van der Waals surface area contributed by atoms with Crippen molar-refractivity contribution in [3.63, 3.8) is 0 Å². The standard InChI is InChI=1S/C15H16N2O2/c1-11-3-4-13(15(18)19)9-14(11)17(2)10-12-5-7-16-8-6-12/h3-9H,10H2,1-2H3,(H,18,19). The molecule has 0 unspecified atom stereocenters. The molecule has 4 nitrogen and oxygen atoms in total. The average Bonchev–Trinajstić information content (AvgIpc) is 2.40. The van der Waals surface area contributed by atoms with Crippen molar-refractivity contribution >= 4 is 11.7 Å². The number of carboxylic acids is 1. The summed E-state index contributed by atoms with van der Waals surface area (Å²) in [7, 11) is 1.95. The molecule has 1 N–H and O–H groups in total. The molecule has 1 heterocycles. The number of carbonyl (C=O) groups is 1. The number of aromatic carboxylic acids is 1. The molecule has 0 radical (unpaired) electrons. The van der Waals surface area contributed by atoms with Gasteiger partial charge >= 0.3 is 5.97 Å². The predicted molar refractivity (Wildman–Crippen MR) is 74.5 cm³/mol. The maximum Gasteiger partial charge on any atom is 0.335 e. The average molecular weight is 256 g/mol. The molecular weight excluding hydrogens is 240 g/mol. The van der Waals surface area contributed by atoms with Gasteiger partial charge in [0.15, 0.2) is 0 Å². The minimum atomic E-state index is -0.904. The number of hydrogen-bond acceptors (Lipinski definition) is 3. The van der Waals surface area contributed by atoms with Gasteiger partial charge in [0.05, 0.1) is 5.56 Å². The summed E-state index contributed by atoms with van der Waals surface area (Å²) >= 11 is 0. The first kappa shape index (κ1) is 13.1. The molecule has 19 heavy (non-hydrogen) atoms. The highest BCUT2D eigenvalue weighted by Crippen LogP contribution is 2.22. The smallest absolute Gasteiger partial charge is 0.335 e. The molecule has 0 saturated carbocycles. The molecule has 0 amide bonds. The van der Waals surface area contributed by atoms with Gasteiger partial charge in [-0.25, -0.2) is 4.79 Å². The summed E-state index contributed by atoms with van der Waals surface area (Å²) in [4.78, 5) is 17.0. The lowest BCUT2D eigenvalue weighted by Crippen LogP contribution is -2.18. The Morgan fingerprint density at radius 2 is 1.95 bits per heavy atom. The van der Waals surface area contributed by atoms with Gasteiger partial charge in [0, 0.05) is 31.7 Å². The lowest BCUT2D eigenvalue weighted by Gasteiger charge is -2.22. The van der Waals surface area contributed by atoms with Crippen molar-refractivity contribution in [1.29, 1.82) is 0 Å². The van der Waals surface area contributed by atoms with E-state index in [2.05, 4.69) is 4.98 Å². The maximum atomic E-state index is 11.0. The Hall–Kier alpha value is -2.36. The monoisotopic (exact) mass is 256 g/mol. The number of aromatic nitrogens is 1. The van der Waals surface area contributed by atoms with E-state index in [4.69, 9.17) is 5.11 Å². The van der Waals surface area contributed by atoms with Gasteiger partial charge in [-0.2, -0.15) is 0 Å². The molecule has 0 aliphatic heterocycles. The van der Waals surface area contributed by atoms with Gasteiger partial charge in [0.1, 0.15) is 0 Å². The maximum absolute atomic E-state index is 11.0. The van der Waals surface area contributed by atoms with Crippen molar-refractivity contribution in [3.8, 4) is 0 Å². The second-order valence-corrected chi connectivity index (χ2v) is 4.52. The van der Waals surface area contributed by atoms with Crippen molar-refractivity contribution < 1.29 is 9.90 Å². The van der Waals surface area contributed by atoms with Crippen LogP contribution < -0.4 is 4.90 Å². The van der Waals surface area contributed by atoms with Crippen LogP contribution in [0.5, 0.6) is 0 Å². The SMILES string of the molecule is Cc1ccc(C(=O)O)cc1N(C)Cc1ccncc1. The van der Waals surface area contributed by atoms with Crippen LogP contribution in [0.2, 0.25) is 0 Å². The molecule has 2 rings (SSSR count). The fourth-order valence-corrected chi connectivity index (χ4v) is 2.00. The lowest BCUT2D eigenvalue weighted by atomic mass is 10.1. The van der Waals surface area contributed by atoms with E-state index in [1.165, 1.54) is 0 Å². The fraction of sp³-hybridized carbons (Fsp3) is 0.200.